The van der Waals surface area contributed by atoms with Crippen LogP contribution < -0.4 is 5.32 Å². The molecule has 0 aliphatic heterocycles. The molecule has 0 atom stereocenters. The zero-order valence-corrected chi connectivity index (χ0v) is 18.7. The summed E-state index contributed by atoms with van der Waals surface area (Å²) in [6.45, 7) is 2.28. The highest BCUT2D eigenvalue weighted by molar-refractivity contribution is 6.09. The number of anilines is 1. The summed E-state index contributed by atoms with van der Waals surface area (Å²) in [6.07, 6.45) is 2.08. The van der Waals surface area contributed by atoms with E-state index in [4.69, 9.17) is 9.15 Å². The van der Waals surface area contributed by atoms with Gasteiger partial charge >= 0.3 is 11.9 Å². The van der Waals surface area contributed by atoms with Gasteiger partial charge in [-0.2, -0.15) is 5.26 Å². The van der Waals surface area contributed by atoms with Gasteiger partial charge in [0.1, 0.15) is 23.2 Å². The molecule has 172 valence electrons. The Balaban J connectivity index is 1.70. The van der Waals surface area contributed by atoms with Gasteiger partial charge in [0, 0.05) is 17.3 Å². The van der Waals surface area contributed by atoms with Crippen molar-refractivity contribution in [3.8, 4) is 17.4 Å². The van der Waals surface area contributed by atoms with Gasteiger partial charge in [0.15, 0.2) is 0 Å². The van der Waals surface area contributed by atoms with Crippen molar-refractivity contribution in [1.29, 1.82) is 5.26 Å². The van der Waals surface area contributed by atoms with Gasteiger partial charge in [-0.1, -0.05) is 19.1 Å². The molecular weight excluding hydrogens is 436 g/mol. The van der Waals surface area contributed by atoms with Crippen LogP contribution in [-0.4, -0.2) is 31.6 Å². The summed E-state index contributed by atoms with van der Waals surface area (Å²) in [5.74, 6) is -0.678. The van der Waals surface area contributed by atoms with Gasteiger partial charge in [-0.15, -0.1) is 0 Å². The zero-order chi connectivity index (χ0) is 24.5. The van der Waals surface area contributed by atoms with Gasteiger partial charge in [-0.3, -0.25) is 4.79 Å². The van der Waals surface area contributed by atoms with Gasteiger partial charge in [-0.05, 0) is 55.0 Å². The summed E-state index contributed by atoms with van der Waals surface area (Å²) in [6, 6.07) is 18.0. The minimum atomic E-state index is -0.624. The number of amides is 1. The Hall–Kier alpha value is -4.64. The fraction of sp³-hybridized carbons (Fsp3) is 0.154. The third kappa shape index (κ3) is 5.99. The Morgan fingerprint density at radius 2 is 1.62 bits per heavy atom. The van der Waals surface area contributed by atoms with Crippen molar-refractivity contribution in [3.63, 3.8) is 0 Å². The van der Waals surface area contributed by atoms with E-state index in [0.717, 1.165) is 12.0 Å². The van der Waals surface area contributed by atoms with Crippen LogP contribution in [-0.2, 0) is 14.3 Å². The van der Waals surface area contributed by atoms with Crippen molar-refractivity contribution in [3.05, 3.63) is 83.1 Å². The fourth-order valence-corrected chi connectivity index (χ4v) is 2.93. The van der Waals surface area contributed by atoms with Gasteiger partial charge < -0.3 is 19.2 Å². The molecule has 0 radical (unpaired) electrons. The monoisotopic (exact) mass is 458 g/mol. The second-order valence-electron chi connectivity index (χ2n) is 7.11. The number of hydrogen-bond donors (Lipinski definition) is 1. The van der Waals surface area contributed by atoms with Crippen molar-refractivity contribution in [2.75, 3.05) is 19.0 Å². The molecule has 0 saturated carbocycles. The zero-order valence-electron chi connectivity index (χ0n) is 18.7. The molecule has 3 rings (SSSR count). The highest BCUT2D eigenvalue weighted by atomic mass is 16.5. The van der Waals surface area contributed by atoms with Crippen LogP contribution in [0.1, 0.15) is 39.8 Å². The van der Waals surface area contributed by atoms with Gasteiger partial charge in [-0.25, -0.2) is 9.59 Å². The molecule has 0 bridgehead atoms. The first-order chi connectivity index (χ1) is 16.4. The summed E-state index contributed by atoms with van der Waals surface area (Å²) in [4.78, 5) is 35.9. The molecule has 0 aliphatic rings. The van der Waals surface area contributed by atoms with Crippen LogP contribution in [0, 0.1) is 11.3 Å². The molecule has 8 nitrogen and oxygen atoms in total. The van der Waals surface area contributed by atoms with E-state index in [1.54, 1.807) is 36.4 Å². The van der Waals surface area contributed by atoms with Crippen molar-refractivity contribution in [2.45, 2.75) is 13.3 Å². The summed E-state index contributed by atoms with van der Waals surface area (Å²) in [5.41, 5.74) is 1.75. The van der Waals surface area contributed by atoms with Crippen molar-refractivity contribution >= 4 is 29.6 Å². The van der Waals surface area contributed by atoms with Crippen LogP contribution in [0.25, 0.3) is 17.4 Å². The molecule has 2 aromatic carbocycles. The first-order valence-electron chi connectivity index (χ1n) is 10.4. The number of nitrogens with one attached hydrogen (secondary N) is 1. The number of benzene rings is 2. The Bertz CT molecular complexity index is 1250. The van der Waals surface area contributed by atoms with Crippen LogP contribution in [0.4, 0.5) is 5.69 Å². The first-order valence-corrected chi connectivity index (χ1v) is 10.4. The van der Waals surface area contributed by atoms with E-state index in [0.29, 0.717) is 34.9 Å². The van der Waals surface area contributed by atoms with Crippen molar-refractivity contribution in [2.24, 2.45) is 0 Å². The lowest BCUT2D eigenvalue weighted by molar-refractivity contribution is -0.112. The van der Waals surface area contributed by atoms with Crippen molar-refractivity contribution in [1.82, 2.24) is 0 Å². The van der Waals surface area contributed by atoms with Crippen LogP contribution in [0.2, 0.25) is 0 Å². The molecule has 1 heterocycles. The minimum absolute atomic E-state index is 0.160. The lowest BCUT2D eigenvalue weighted by Crippen LogP contribution is -2.13. The number of nitrogens with zero attached hydrogens (tertiary/aromatic N) is 1. The predicted octanol–water partition coefficient (Wildman–Crippen LogP) is 4.85. The van der Waals surface area contributed by atoms with Gasteiger partial charge in [0.25, 0.3) is 5.91 Å². The number of hydrogen-bond acceptors (Lipinski definition) is 7. The van der Waals surface area contributed by atoms with E-state index in [2.05, 4.69) is 10.1 Å². The molecule has 0 unspecified atom stereocenters. The summed E-state index contributed by atoms with van der Waals surface area (Å²) < 4.78 is 15.5. The van der Waals surface area contributed by atoms with Gasteiger partial charge in [0.2, 0.25) is 0 Å². The third-order valence-corrected chi connectivity index (χ3v) is 4.68. The standard InChI is InChI=1S/C26H22N2O6/c1-3-14-33-26(31)19-6-4-17(5-7-19)23-13-12-22(34-23)15-20(16-27)24(29)28-21-10-8-18(9-11-21)25(30)32-2/h4-13,15H,3,14H2,1-2H3,(H,28,29)/b20-15-. The number of nitriles is 1. The molecule has 1 amide bonds. The summed E-state index contributed by atoms with van der Waals surface area (Å²) in [5, 5.41) is 12.0. The highest BCUT2D eigenvalue weighted by Gasteiger charge is 2.13. The Morgan fingerprint density at radius 1 is 0.971 bits per heavy atom. The first kappa shape index (κ1) is 24.0. The second-order valence-corrected chi connectivity index (χ2v) is 7.11. The quantitative estimate of drug-likeness (QED) is 0.291. The average molecular weight is 458 g/mol. The maximum Gasteiger partial charge on any atom is 0.338 e. The van der Waals surface area contributed by atoms with Crippen LogP contribution in [0.15, 0.2) is 70.7 Å². The molecule has 0 saturated heterocycles. The number of ether oxygens (including phenoxy) is 2. The average Bonchev–Trinajstić information content (AvgIpc) is 3.34. The number of carbonyl (C=O) groups excluding carboxylic acids is 3. The van der Waals surface area contributed by atoms with E-state index < -0.39 is 11.9 Å². The van der Waals surface area contributed by atoms with E-state index >= 15 is 0 Å². The minimum Gasteiger partial charge on any atom is -0.465 e. The maximum atomic E-state index is 12.5. The lowest BCUT2D eigenvalue weighted by atomic mass is 10.1. The number of methoxy groups -OCH3 is 1. The molecule has 8 heteroatoms. The third-order valence-electron chi connectivity index (χ3n) is 4.68. The smallest absolute Gasteiger partial charge is 0.338 e. The summed E-state index contributed by atoms with van der Waals surface area (Å²) in [7, 11) is 1.28. The number of furan rings is 1. The van der Waals surface area contributed by atoms with E-state index in [1.165, 1.54) is 37.5 Å². The molecule has 0 fully saturated rings. The Kier molecular flexibility index (Phi) is 7.97. The Morgan fingerprint density at radius 3 is 2.24 bits per heavy atom. The van der Waals surface area contributed by atoms with E-state index in [1.807, 2.05) is 13.0 Å². The topological polar surface area (TPSA) is 119 Å². The SMILES string of the molecule is CCCOC(=O)c1ccc(-c2ccc(/C=C(/C#N)C(=O)Nc3ccc(C(=O)OC)cc3)o2)cc1. The number of esters is 2. The lowest BCUT2D eigenvalue weighted by Gasteiger charge is -2.05. The molecule has 3 aromatic rings. The fourth-order valence-electron chi connectivity index (χ4n) is 2.93. The Labute approximate surface area is 196 Å². The molecule has 1 aromatic heterocycles. The molecular formula is C26H22N2O6. The van der Waals surface area contributed by atoms with Crippen LogP contribution >= 0.6 is 0 Å². The number of rotatable bonds is 8. The van der Waals surface area contributed by atoms with Crippen LogP contribution in [0.3, 0.4) is 0 Å². The van der Waals surface area contributed by atoms with Crippen LogP contribution in [0.5, 0.6) is 0 Å². The van der Waals surface area contributed by atoms with Gasteiger partial charge in [0.05, 0.1) is 24.8 Å². The summed E-state index contributed by atoms with van der Waals surface area (Å²) >= 11 is 0. The number of carbonyl (C=O) groups is 3. The molecule has 0 spiro atoms. The second kappa shape index (κ2) is 11.3. The maximum absolute atomic E-state index is 12.5. The normalized spacial score (nSPS) is 10.8. The highest BCUT2D eigenvalue weighted by Crippen LogP contribution is 2.24. The van der Waals surface area contributed by atoms with Crippen molar-refractivity contribution < 1.29 is 28.3 Å². The van der Waals surface area contributed by atoms with E-state index in [9.17, 15) is 19.6 Å². The molecule has 1 N–H and O–H groups in total. The predicted molar refractivity (Wildman–Crippen MR) is 125 cm³/mol. The molecule has 0 aliphatic carbocycles. The largest absolute Gasteiger partial charge is 0.465 e. The van der Waals surface area contributed by atoms with E-state index in [-0.39, 0.29) is 11.5 Å². The molecule has 34 heavy (non-hydrogen) atoms.